The van der Waals surface area contributed by atoms with E-state index in [9.17, 15) is 4.79 Å². The summed E-state index contributed by atoms with van der Waals surface area (Å²) >= 11 is 1.80. The van der Waals surface area contributed by atoms with Crippen LogP contribution in [-0.4, -0.2) is 29.1 Å². The second-order valence-corrected chi connectivity index (χ2v) is 5.65. The second kappa shape index (κ2) is 4.13. The molecule has 0 amide bonds. The minimum atomic E-state index is -0.669. The Hall–Kier alpha value is -1.39. The molecule has 4 heteroatoms. The van der Waals surface area contributed by atoms with E-state index in [1.165, 1.54) is 15.0 Å². The van der Waals surface area contributed by atoms with Gasteiger partial charge in [0.1, 0.15) is 0 Å². The van der Waals surface area contributed by atoms with Gasteiger partial charge < -0.3 is 5.11 Å². The molecule has 88 valence electrons. The largest absolute Gasteiger partial charge is 0.481 e. The van der Waals surface area contributed by atoms with Gasteiger partial charge in [0.05, 0.1) is 5.92 Å². The molecular weight excluding hydrogens is 234 g/mol. The van der Waals surface area contributed by atoms with Gasteiger partial charge in [0, 0.05) is 29.2 Å². The van der Waals surface area contributed by atoms with Crippen molar-refractivity contribution in [2.45, 2.75) is 6.54 Å². The number of benzene rings is 1. The maximum Gasteiger partial charge on any atom is 0.309 e. The third kappa shape index (κ3) is 2.06. The number of carboxylic acid groups (broad SMARTS) is 1. The zero-order valence-corrected chi connectivity index (χ0v) is 10.1. The van der Waals surface area contributed by atoms with Gasteiger partial charge in [-0.15, -0.1) is 11.3 Å². The molecule has 0 atom stereocenters. The van der Waals surface area contributed by atoms with Crippen molar-refractivity contribution >= 4 is 27.4 Å². The van der Waals surface area contributed by atoms with E-state index in [1.54, 1.807) is 11.3 Å². The molecule has 0 spiro atoms. The van der Waals surface area contributed by atoms with Gasteiger partial charge in [0.15, 0.2) is 0 Å². The van der Waals surface area contributed by atoms with Crippen molar-refractivity contribution in [2.75, 3.05) is 13.1 Å². The molecule has 1 saturated heterocycles. The minimum absolute atomic E-state index is 0.163. The average molecular weight is 247 g/mol. The lowest BCUT2D eigenvalue weighted by atomic mass is 10.0. The summed E-state index contributed by atoms with van der Waals surface area (Å²) in [5.41, 5.74) is 0. The van der Waals surface area contributed by atoms with Crippen molar-refractivity contribution < 1.29 is 9.90 Å². The molecule has 1 N–H and O–H groups in total. The fourth-order valence-corrected chi connectivity index (χ4v) is 3.30. The summed E-state index contributed by atoms with van der Waals surface area (Å²) in [6.07, 6.45) is 0. The van der Waals surface area contributed by atoms with Crippen LogP contribution in [-0.2, 0) is 11.3 Å². The van der Waals surface area contributed by atoms with Crippen LogP contribution in [0.4, 0.5) is 0 Å². The van der Waals surface area contributed by atoms with Crippen LogP contribution in [0.2, 0.25) is 0 Å². The summed E-state index contributed by atoms with van der Waals surface area (Å²) in [4.78, 5) is 14.2. The first-order chi connectivity index (χ1) is 8.22. The molecule has 1 aromatic carbocycles. The summed E-state index contributed by atoms with van der Waals surface area (Å²) in [5, 5.41) is 10.1. The van der Waals surface area contributed by atoms with Gasteiger partial charge in [-0.1, -0.05) is 18.2 Å². The van der Waals surface area contributed by atoms with Crippen molar-refractivity contribution in [3.05, 3.63) is 35.2 Å². The maximum absolute atomic E-state index is 10.7. The fraction of sp³-hybridized carbons (Fsp3) is 0.308. The zero-order chi connectivity index (χ0) is 11.8. The minimum Gasteiger partial charge on any atom is -0.481 e. The molecule has 0 unspecified atom stereocenters. The summed E-state index contributed by atoms with van der Waals surface area (Å²) in [6, 6.07) is 10.5. The number of fused-ring (bicyclic) bond motifs is 1. The first kappa shape index (κ1) is 10.7. The van der Waals surface area contributed by atoms with Gasteiger partial charge in [-0.3, -0.25) is 9.69 Å². The summed E-state index contributed by atoms with van der Waals surface area (Å²) in [6.45, 7) is 2.25. The van der Waals surface area contributed by atoms with E-state index in [-0.39, 0.29) is 5.92 Å². The van der Waals surface area contributed by atoms with E-state index >= 15 is 0 Å². The fourth-order valence-electron chi connectivity index (χ4n) is 2.19. The molecule has 1 aromatic heterocycles. The lowest BCUT2D eigenvalue weighted by Gasteiger charge is -2.36. The Balaban J connectivity index is 1.68. The van der Waals surface area contributed by atoms with Crippen LogP contribution in [0.3, 0.4) is 0 Å². The molecule has 0 aliphatic carbocycles. The molecule has 1 fully saturated rings. The van der Waals surface area contributed by atoms with E-state index in [4.69, 9.17) is 5.11 Å². The monoisotopic (exact) mass is 247 g/mol. The number of carbonyl (C=O) groups is 1. The van der Waals surface area contributed by atoms with Crippen LogP contribution in [0.15, 0.2) is 30.3 Å². The lowest BCUT2D eigenvalue weighted by molar-refractivity contribution is -0.147. The molecule has 2 heterocycles. The molecule has 0 bridgehead atoms. The third-order valence-electron chi connectivity index (χ3n) is 3.16. The highest BCUT2D eigenvalue weighted by molar-refractivity contribution is 7.19. The highest BCUT2D eigenvalue weighted by Gasteiger charge is 2.32. The van der Waals surface area contributed by atoms with Gasteiger partial charge in [0.25, 0.3) is 0 Å². The zero-order valence-electron chi connectivity index (χ0n) is 9.30. The summed E-state index contributed by atoms with van der Waals surface area (Å²) < 4.78 is 1.30. The number of thiophene rings is 1. The van der Waals surface area contributed by atoms with Crippen molar-refractivity contribution in [3.8, 4) is 0 Å². The Labute approximate surface area is 103 Å². The van der Waals surface area contributed by atoms with Crippen molar-refractivity contribution in [1.29, 1.82) is 0 Å². The van der Waals surface area contributed by atoms with E-state index in [0.717, 1.165) is 6.54 Å². The molecule has 17 heavy (non-hydrogen) atoms. The number of likely N-dealkylation sites (tertiary alicyclic amines) is 1. The predicted octanol–water partition coefficient (Wildman–Crippen LogP) is 2.42. The molecule has 3 nitrogen and oxygen atoms in total. The Kier molecular flexibility index (Phi) is 2.61. The number of carboxylic acids is 1. The number of nitrogens with zero attached hydrogens (tertiary/aromatic N) is 1. The van der Waals surface area contributed by atoms with E-state index in [1.807, 2.05) is 12.1 Å². The SMILES string of the molecule is O=C(O)C1CN(Cc2cc3ccccc3s2)C1. The van der Waals surface area contributed by atoms with Gasteiger partial charge >= 0.3 is 5.97 Å². The molecule has 1 aliphatic rings. The van der Waals surface area contributed by atoms with Crippen molar-refractivity contribution in [2.24, 2.45) is 5.92 Å². The lowest BCUT2D eigenvalue weighted by Crippen LogP contribution is -2.49. The van der Waals surface area contributed by atoms with Crippen LogP contribution in [0.5, 0.6) is 0 Å². The van der Waals surface area contributed by atoms with E-state index < -0.39 is 5.97 Å². The highest BCUT2D eigenvalue weighted by atomic mass is 32.1. The smallest absolute Gasteiger partial charge is 0.309 e. The Morgan fingerprint density at radius 3 is 2.88 bits per heavy atom. The number of rotatable bonds is 3. The normalized spacial score (nSPS) is 17.2. The van der Waals surface area contributed by atoms with E-state index in [2.05, 4.69) is 23.1 Å². The Bertz CT molecular complexity index is 524. The first-order valence-electron chi connectivity index (χ1n) is 5.65. The number of aliphatic carboxylic acids is 1. The van der Waals surface area contributed by atoms with Crippen LogP contribution in [0.1, 0.15) is 4.88 Å². The summed E-state index contributed by atoms with van der Waals surface area (Å²) in [5.74, 6) is -0.832. The molecule has 3 rings (SSSR count). The van der Waals surface area contributed by atoms with Crippen LogP contribution in [0.25, 0.3) is 10.1 Å². The third-order valence-corrected chi connectivity index (χ3v) is 4.26. The van der Waals surface area contributed by atoms with Crippen molar-refractivity contribution in [1.82, 2.24) is 4.90 Å². The molecular formula is C13H13NO2S. The van der Waals surface area contributed by atoms with E-state index in [0.29, 0.717) is 13.1 Å². The maximum atomic E-state index is 10.7. The van der Waals surface area contributed by atoms with Crippen LogP contribution >= 0.6 is 11.3 Å². The average Bonchev–Trinajstić information content (AvgIpc) is 2.64. The Morgan fingerprint density at radius 1 is 1.41 bits per heavy atom. The predicted molar refractivity (Wildman–Crippen MR) is 68.2 cm³/mol. The molecule has 1 aliphatic heterocycles. The van der Waals surface area contributed by atoms with Gasteiger partial charge in [-0.05, 0) is 17.5 Å². The number of hydrogen-bond donors (Lipinski definition) is 1. The number of hydrogen-bond acceptors (Lipinski definition) is 3. The topological polar surface area (TPSA) is 40.5 Å². The first-order valence-corrected chi connectivity index (χ1v) is 6.46. The standard InChI is InChI=1S/C13H13NO2S/c15-13(16)10-6-14(7-10)8-11-5-9-3-1-2-4-12(9)17-11/h1-5,10H,6-8H2,(H,15,16). The molecule has 0 saturated carbocycles. The molecule has 0 radical (unpaired) electrons. The quantitative estimate of drug-likeness (QED) is 0.905. The van der Waals surface area contributed by atoms with Gasteiger partial charge in [0.2, 0.25) is 0 Å². The Morgan fingerprint density at radius 2 is 2.18 bits per heavy atom. The van der Waals surface area contributed by atoms with Crippen molar-refractivity contribution in [3.63, 3.8) is 0 Å². The van der Waals surface area contributed by atoms with Crippen LogP contribution in [0, 0.1) is 5.92 Å². The van der Waals surface area contributed by atoms with Crippen LogP contribution < -0.4 is 0 Å². The highest BCUT2D eigenvalue weighted by Crippen LogP contribution is 2.28. The van der Waals surface area contributed by atoms with Gasteiger partial charge in [-0.25, -0.2) is 0 Å². The summed E-state index contributed by atoms with van der Waals surface area (Å²) in [7, 11) is 0. The molecule has 2 aromatic rings. The second-order valence-electron chi connectivity index (χ2n) is 4.48. The van der Waals surface area contributed by atoms with Gasteiger partial charge in [-0.2, -0.15) is 0 Å².